The number of halogens is 2. The van der Waals surface area contributed by atoms with Crippen LogP contribution in [0.3, 0.4) is 0 Å². The van der Waals surface area contributed by atoms with Crippen molar-refractivity contribution in [1.82, 2.24) is 4.98 Å². The van der Waals surface area contributed by atoms with Crippen molar-refractivity contribution in [3.63, 3.8) is 0 Å². The van der Waals surface area contributed by atoms with Gasteiger partial charge in [-0.05, 0) is 47.5 Å². The molecule has 1 heterocycles. The molecule has 2 aromatic carbocycles. The number of rotatable bonds is 10. The molecule has 1 N–H and O–H groups in total. The van der Waals surface area contributed by atoms with Crippen molar-refractivity contribution < 1.29 is 19.4 Å². The standard InChI is InChI=1S/C24H21Cl2NO4S/c1-30-19-9-8-16(17(13-19)15-32-23-20(25)6-4-7-21(23)26)10-12-31-22(24(28)29)14-18-5-2-3-11-27-18/h2-9,11,13-14H,10,12,15H2,1H3,(H,28,29). The van der Waals surface area contributed by atoms with Crippen molar-refractivity contribution in [3.05, 3.63) is 93.4 Å². The number of benzene rings is 2. The van der Waals surface area contributed by atoms with Crippen molar-refractivity contribution in [1.29, 1.82) is 0 Å². The van der Waals surface area contributed by atoms with E-state index in [1.807, 2.05) is 24.3 Å². The fourth-order valence-corrected chi connectivity index (χ4v) is 4.61. The number of carboxylic acid groups (broad SMARTS) is 1. The van der Waals surface area contributed by atoms with E-state index in [4.69, 9.17) is 32.7 Å². The smallest absolute Gasteiger partial charge is 0.371 e. The van der Waals surface area contributed by atoms with Crippen LogP contribution in [0.25, 0.3) is 6.08 Å². The molecular formula is C24H21Cl2NO4S. The fourth-order valence-electron chi connectivity index (χ4n) is 2.91. The molecule has 0 atom stereocenters. The molecule has 0 saturated heterocycles. The van der Waals surface area contributed by atoms with E-state index >= 15 is 0 Å². The fraction of sp³-hybridized carbons (Fsp3) is 0.167. The topological polar surface area (TPSA) is 68.7 Å². The summed E-state index contributed by atoms with van der Waals surface area (Å²) in [6.07, 6.45) is 3.52. The van der Waals surface area contributed by atoms with E-state index in [1.165, 1.54) is 17.8 Å². The molecule has 32 heavy (non-hydrogen) atoms. The Labute approximate surface area is 201 Å². The third-order valence-corrected chi connectivity index (χ3v) is 6.55. The van der Waals surface area contributed by atoms with Crippen molar-refractivity contribution in [2.45, 2.75) is 17.1 Å². The number of aromatic nitrogens is 1. The molecule has 0 fully saturated rings. The SMILES string of the molecule is COc1ccc(CCOC(=Cc2ccccn2)C(=O)O)c(CSc2c(Cl)cccc2Cl)c1. The van der Waals surface area contributed by atoms with Gasteiger partial charge in [-0.15, -0.1) is 11.8 Å². The second kappa shape index (κ2) is 11.8. The molecule has 0 aliphatic rings. The summed E-state index contributed by atoms with van der Waals surface area (Å²) in [5.74, 6) is 0.0493. The van der Waals surface area contributed by atoms with E-state index in [0.29, 0.717) is 27.9 Å². The lowest BCUT2D eigenvalue weighted by Crippen LogP contribution is -2.08. The van der Waals surface area contributed by atoms with Gasteiger partial charge in [-0.25, -0.2) is 4.79 Å². The molecule has 0 spiro atoms. The molecule has 1 aromatic heterocycles. The Balaban J connectivity index is 1.72. The zero-order valence-electron chi connectivity index (χ0n) is 17.3. The number of hydrogen-bond acceptors (Lipinski definition) is 5. The number of carboxylic acids is 1. The highest BCUT2D eigenvalue weighted by Gasteiger charge is 2.13. The molecule has 0 amide bonds. The second-order valence-corrected chi connectivity index (χ2v) is 8.44. The van der Waals surface area contributed by atoms with Gasteiger partial charge < -0.3 is 14.6 Å². The Morgan fingerprint density at radius 1 is 1.09 bits per heavy atom. The van der Waals surface area contributed by atoms with E-state index < -0.39 is 5.97 Å². The van der Waals surface area contributed by atoms with Gasteiger partial charge in [0, 0.05) is 29.3 Å². The lowest BCUT2D eigenvalue weighted by atomic mass is 10.1. The Morgan fingerprint density at radius 2 is 1.88 bits per heavy atom. The van der Waals surface area contributed by atoms with Gasteiger partial charge in [-0.3, -0.25) is 4.98 Å². The number of hydrogen-bond donors (Lipinski definition) is 1. The van der Waals surface area contributed by atoms with Crippen LogP contribution in [0.4, 0.5) is 0 Å². The summed E-state index contributed by atoms with van der Waals surface area (Å²) in [5.41, 5.74) is 2.56. The number of methoxy groups -OCH3 is 1. The van der Waals surface area contributed by atoms with E-state index in [1.54, 1.807) is 43.6 Å². The first-order chi connectivity index (χ1) is 15.5. The highest BCUT2D eigenvalue weighted by atomic mass is 35.5. The molecule has 3 rings (SSSR count). The highest BCUT2D eigenvalue weighted by Crippen LogP contribution is 2.36. The predicted octanol–water partition coefficient (Wildman–Crippen LogP) is 6.37. The van der Waals surface area contributed by atoms with Crippen LogP contribution in [-0.4, -0.2) is 29.8 Å². The van der Waals surface area contributed by atoms with Gasteiger partial charge in [0.05, 0.1) is 29.5 Å². The Morgan fingerprint density at radius 3 is 2.53 bits per heavy atom. The molecule has 166 valence electrons. The van der Waals surface area contributed by atoms with Gasteiger partial charge in [0.2, 0.25) is 5.76 Å². The van der Waals surface area contributed by atoms with Gasteiger partial charge >= 0.3 is 5.97 Å². The summed E-state index contributed by atoms with van der Waals surface area (Å²) in [4.78, 5) is 16.5. The quantitative estimate of drug-likeness (QED) is 0.202. The van der Waals surface area contributed by atoms with Gasteiger partial charge in [0.1, 0.15) is 5.75 Å². The summed E-state index contributed by atoms with van der Waals surface area (Å²) in [6.45, 7) is 0.196. The molecular weight excluding hydrogens is 469 g/mol. The number of thioether (sulfide) groups is 1. The lowest BCUT2D eigenvalue weighted by molar-refractivity contribution is -0.136. The number of pyridine rings is 1. The maximum absolute atomic E-state index is 11.6. The lowest BCUT2D eigenvalue weighted by Gasteiger charge is -2.13. The van der Waals surface area contributed by atoms with Crippen molar-refractivity contribution >= 4 is 47.0 Å². The van der Waals surface area contributed by atoms with Crippen LogP contribution in [0.15, 0.2) is 71.4 Å². The van der Waals surface area contributed by atoms with Gasteiger partial charge in [-0.2, -0.15) is 0 Å². The number of aliphatic carboxylic acids is 1. The van der Waals surface area contributed by atoms with Crippen LogP contribution in [0, 0.1) is 0 Å². The van der Waals surface area contributed by atoms with E-state index in [-0.39, 0.29) is 12.4 Å². The van der Waals surface area contributed by atoms with Crippen LogP contribution in [-0.2, 0) is 21.7 Å². The maximum atomic E-state index is 11.6. The average molecular weight is 490 g/mol. The predicted molar refractivity (Wildman–Crippen MR) is 129 cm³/mol. The molecule has 0 bridgehead atoms. The van der Waals surface area contributed by atoms with Crippen LogP contribution in [0.2, 0.25) is 10.0 Å². The molecule has 0 radical (unpaired) electrons. The minimum Gasteiger partial charge on any atom is -0.497 e. The van der Waals surface area contributed by atoms with Crippen LogP contribution < -0.4 is 4.74 Å². The molecule has 5 nitrogen and oxygen atoms in total. The van der Waals surface area contributed by atoms with Crippen LogP contribution in [0.1, 0.15) is 16.8 Å². The van der Waals surface area contributed by atoms with Gasteiger partial charge in [0.15, 0.2) is 0 Å². The summed E-state index contributed by atoms with van der Waals surface area (Å²) in [7, 11) is 1.61. The number of carbonyl (C=O) groups is 1. The first-order valence-corrected chi connectivity index (χ1v) is 11.4. The largest absolute Gasteiger partial charge is 0.497 e. The number of nitrogens with zero attached hydrogens (tertiary/aromatic N) is 1. The summed E-state index contributed by atoms with van der Waals surface area (Å²) >= 11 is 14.1. The zero-order valence-corrected chi connectivity index (χ0v) is 19.6. The minimum absolute atomic E-state index is 0.156. The highest BCUT2D eigenvalue weighted by molar-refractivity contribution is 7.98. The monoisotopic (exact) mass is 489 g/mol. The molecule has 0 unspecified atom stereocenters. The van der Waals surface area contributed by atoms with Crippen LogP contribution in [0.5, 0.6) is 5.75 Å². The van der Waals surface area contributed by atoms with Crippen molar-refractivity contribution in [2.75, 3.05) is 13.7 Å². The average Bonchev–Trinajstić information content (AvgIpc) is 2.79. The van der Waals surface area contributed by atoms with E-state index in [9.17, 15) is 9.90 Å². The van der Waals surface area contributed by atoms with E-state index in [2.05, 4.69) is 4.98 Å². The normalized spacial score (nSPS) is 11.3. The molecule has 8 heteroatoms. The Hall–Kier alpha value is -2.67. The first kappa shape index (κ1) is 24.0. The first-order valence-electron chi connectivity index (χ1n) is 9.69. The van der Waals surface area contributed by atoms with Crippen LogP contribution >= 0.6 is 35.0 Å². The van der Waals surface area contributed by atoms with E-state index in [0.717, 1.165) is 21.8 Å². The molecule has 0 aliphatic carbocycles. The third kappa shape index (κ3) is 6.66. The summed E-state index contributed by atoms with van der Waals surface area (Å²) in [6, 6.07) is 16.4. The van der Waals surface area contributed by atoms with Gasteiger partial charge in [0.25, 0.3) is 0 Å². The third-order valence-electron chi connectivity index (χ3n) is 4.51. The Bertz CT molecular complexity index is 1090. The molecule has 3 aromatic rings. The summed E-state index contributed by atoms with van der Waals surface area (Å²) < 4.78 is 10.9. The zero-order chi connectivity index (χ0) is 22.9. The maximum Gasteiger partial charge on any atom is 0.371 e. The minimum atomic E-state index is -1.14. The molecule has 0 saturated carbocycles. The Kier molecular flexibility index (Phi) is 8.85. The second-order valence-electron chi connectivity index (χ2n) is 6.64. The van der Waals surface area contributed by atoms with Crippen molar-refractivity contribution in [3.8, 4) is 5.75 Å². The molecule has 0 aliphatic heterocycles. The van der Waals surface area contributed by atoms with Gasteiger partial charge in [-0.1, -0.05) is 41.4 Å². The van der Waals surface area contributed by atoms with Crippen molar-refractivity contribution in [2.24, 2.45) is 0 Å². The summed E-state index contributed by atoms with van der Waals surface area (Å²) in [5, 5.41) is 10.6. The number of ether oxygens (including phenoxy) is 2.